The maximum absolute atomic E-state index is 12.8. The molecular weight excluding hydrogens is 559 g/mol. The van der Waals surface area contributed by atoms with Crippen molar-refractivity contribution in [1.82, 2.24) is 4.90 Å². The first-order valence-corrected chi connectivity index (χ1v) is 13.3. The standard InChI is InChI=1S/C27H27IN2O3S/c1-4-29-27-30(5-2)26(31)24(34-27)16-19-14-22(28)25(23(15-19)32-6-3)33-17-18-11-12-20-9-7-8-10-21(20)13-18/h7-16H,4-6,17H2,1-3H3/b24-16+,29-27?. The zero-order chi connectivity index (χ0) is 24.1. The fourth-order valence-electron chi connectivity index (χ4n) is 3.75. The summed E-state index contributed by atoms with van der Waals surface area (Å²) < 4.78 is 13.1. The number of amidine groups is 1. The summed E-state index contributed by atoms with van der Waals surface area (Å²) in [7, 11) is 0. The van der Waals surface area contributed by atoms with E-state index in [1.54, 1.807) is 4.90 Å². The Bertz CT molecular complexity index is 1270. The van der Waals surface area contributed by atoms with Gasteiger partial charge in [0.25, 0.3) is 5.91 Å². The van der Waals surface area contributed by atoms with E-state index in [1.807, 2.05) is 51.1 Å². The lowest BCUT2D eigenvalue weighted by Gasteiger charge is -2.15. The van der Waals surface area contributed by atoms with Crippen molar-refractivity contribution in [3.63, 3.8) is 0 Å². The number of thioether (sulfide) groups is 1. The van der Waals surface area contributed by atoms with Gasteiger partial charge in [0.2, 0.25) is 0 Å². The Morgan fingerprint density at radius 2 is 1.82 bits per heavy atom. The summed E-state index contributed by atoms with van der Waals surface area (Å²) in [4.78, 5) is 19.7. The fourth-order valence-corrected chi connectivity index (χ4v) is 5.64. The predicted molar refractivity (Wildman–Crippen MR) is 150 cm³/mol. The van der Waals surface area contributed by atoms with E-state index in [0.717, 1.165) is 19.9 Å². The fraction of sp³-hybridized carbons (Fsp3) is 0.259. The van der Waals surface area contributed by atoms with Gasteiger partial charge in [-0.15, -0.1) is 0 Å². The molecule has 1 saturated heterocycles. The van der Waals surface area contributed by atoms with Gasteiger partial charge in [-0.05, 0) is 101 Å². The minimum Gasteiger partial charge on any atom is -0.490 e. The normalized spacial score (nSPS) is 16.1. The van der Waals surface area contributed by atoms with Crippen LogP contribution in [0.3, 0.4) is 0 Å². The topological polar surface area (TPSA) is 51.1 Å². The Balaban J connectivity index is 1.59. The third kappa shape index (κ3) is 5.41. The van der Waals surface area contributed by atoms with Crippen LogP contribution in [-0.4, -0.2) is 35.7 Å². The summed E-state index contributed by atoms with van der Waals surface area (Å²) in [6, 6.07) is 18.6. The maximum Gasteiger partial charge on any atom is 0.266 e. The number of benzene rings is 3. The molecule has 7 heteroatoms. The molecule has 0 aromatic heterocycles. The number of halogens is 1. The molecule has 1 heterocycles. The van der Waals surface area contributed by atoms with E-state index < -0.39 is 0 Å². The van der Waals surface area contributed by atoms with E-state index >= 15 is 0 Å². The molecule has 1 aliphatic rings. The second kappa shape index (κ2) is 11.3. The average Bonchev–Trinajstić information content (AvgIpc) is 3.12. The van der Waals surface area contributed by atoms with E-state index in [2.05, 4.69) is 57.9 Å². The van der Waals surface area contributed by atoms with Crippen LogP contribution in [0.1, 0.15) is 31.9 Å². The molecule has 0 atom stereocenters. The molecule has 3 aromatic rings. The molecule has 1 amide bonds. The summed E-state index contributed by atoms with van der Waals surface area (Å²) in [5.41, 5.74) is 1.99. The number of ether oxygens (including phenoxy) is 2. The van der Waals surface area contributed by atoms with Crippen molar-refractivity contribution < 1.29 is 14.3 Å². The highest BCUT2D eigenvalue weighted by molar-refractivity contribution is 14.1. The number of fused-ring (bicyclic) bond motifs is 1. The number of carbonyl (C=O) groups excluding carboxylic acids is 1. The molecule has 0 aliphatic carbocycles. The van der Waals surface area contributed by atoms with Gasteiger partial charge in [0.05, 0.1) is 15.1 Å². The number of hydrogen-bond acceptors (Lipinski definition) is 5. The number of aliphatic imine (C=N–C) groups is 1. The molecule has 176 valence electrons. The Morgan fingerprint density at radius 1 is 1.03 bits per heavy atom. The first kappa shape index (κ1) is 24.6. The van der Waals surface area contributed by atoms with Gasteiger partial charge >= 0.3 is 0 Å². The van der Waals surface area contributed by atoms with Crippen LogP contribution >= 0.6 is 34.4 Å². The van der Waals surface area contributed by atoms with Gasteiger partial charge in [0.15, 0.2) is 16.7 Å². The molecular formula is C27H27IN2O3S. The summed E-state index contributed by atoms with van der Waals surface area (Å²) in [6.45, 7) is 8.10. The molecule has 1 aliphatic heterocycles. The Labute approximate surface area is 218 Å². The number of likely N-dealkylation sites (N-methyl/N-ethyl adjacent to an activating group) is 1. The van der Waals surface area contributed by atoms with E-state index in [4.69, 9.17) is 9.47 Å². The van der Waals surface area contributed by atoms with Crippen LogP contribution in [0.5, 0.6) is 11.5 Å². The second-order valence-electron chi connectivity index (χ2n) is 7.65. The van der Waals surface area contributed by atoms with Gasteiger partial charge in [-0.3, -0.25) is 14.7 Å². The van der Waals surface area contributed by atoms with Crippen LogP contribution in [0.15, 0.2) is 64.5 Å². The Kier molecular flexibility index (Phi) is 8.15. The monoisotopic (exact) mass is 586 g/mol. The van der Waals surface area contributed by atoms with E-state index in [-0.39, 0.29) is 5.91 Å². The van der Waals surface area contributed by atoms with Gasteiger partial charge in [-0.25, -0.2) is 0 Å². The van der Waals surface area contributed by atoms with Crippen molar-refractivity contribution in [1.29, 1.82) is 0 Å². The van der Waals surface area contributed by atoms with Crippen LogP contribution in [0, 0.1) is 3.57 Å². The van der Waals surface area contributed by atoms with Crippen molar-refractivity contribution >= 4 is 62.3 Å². The summed E-state index contributed by atoms with van der Waals surface area (Å²) >= 11 is 3.69. The van der Waals surface area contributed by atoms with Crippen molar-refractivity contribution in [3.8, 4) is 11.5 Å². The molecule has 0 spiro atoms. The molecule has 0 radical (unpaired) electrons. The van der Waals surface area contributed by atoms with E-state index in [9.17, 15) is 4.79 Å². The first-order chi connectivity index (χ1) is 16.5. The van der Waals surface area contributed by atoms with Gasteiger partial charge < -0.3 is 9.47 Å². The number of rotatable bonds is 8. The lowest BCUT2D eigenvalue weighted by molar-refractivity contribution is -0.122. The van der Waals surface area contributed by atoms with Crippen molar-refractivity contribution in [3.05, 3.63) is 74.2 Å². The average molecular weight is 586 g/mol. The van der Waals surface area contributed by atoms with Crippen LogP contribution in [0.25, 0.3) is 16.8 Å². The largest absolute Gasteiger partial charge is 0.490 e. The molecule has 34 heavy (non-hydrogen) atoms. The molecule has 0 bridgehead atoms. The maximum atomic E-state index is 12.8. The van der Waals surface area contributed by atoms with Crippen LogP contribution in [-0.2, 0) is 11.4 Å². The zero-order valence-electron chi connectivity index (χ0n) is 19.5. The number of nitrogens with zero attached hydrogens (tertiary/aromatic N) is 2. The lowest BCUT2D eigenvalue weighted by Crippen LogP contribution is -2.28. The Hall–Kier alpha value is -2.52. The van der Waals surface area contributed by atoms with Crippen LogP contribution in [0.4, 0.5) is 0 Å². The highest BCUT2D eigenvalue weighted by atomic mass is 127. The molecule has 0 unspecified atom stereocenters. The predicted octanol–water partition coefficient (Wildman–Crippen LogP) is 6.73. The molecule has 3 aromatic carbocycles. The van der Waals surface area contributed by atoms with Gasteiger partial charge in [0, 0.05) is 13.1 Å². The number of hydrogen-bond donors (Lipinski definition) is 0. The first-order valence-electron chi connectivity index (χ1n) is 11.4. The highest BCUT2D eigenvalue weighted by Gasteiger charge is 2.32. The number of carbonyl (C=O) groups is 1. The Morgan fingerprint density at radius 3 is 2.56 bits per heavy atom. The molecule has 4 rings (SSSR count). The van der Waals surface area contributed by atoms with Crippen LogP contribution in [0.2, 0.25) is 0 Å². The molecule has 5 nitrogen and oxygen atoms in total. The van der Waals surface area contributed by atoms with Gasteiger partial charge in [-0.1, -0.05) is 36.4 Å². The van der Waals surface area contributed by atoms with Gasteiger partial charge in [-0.2, -0.15) is 0 Å². The second-order valence-corrected chi connectivity index (χ2v) is 9.82. The third-order valence-electron chi connectivity index (χ3n) is 5.32. The van der Waals surface area contributed by atoms with Crippen LogP contribution < -0.4 is 9.47 Å². The van der Waals surface area contributed by atoms with Crippen molar-refractivity contribution in [2.24, 2.45) is 4.99 Å². The van der Waals surface area contributed by atoms with Crippen molar-refractivity contribution in [2.45, 2.75) is 27.4 Å². The third-order valence-corrected chi connectivity index (χ3v) is 7.17. The van der Waals surface area contributed by atoms with Crippen molar-refractivity contribution in [2.75, 3.05) is 19.7 Å². The SMILES string of the molecule is CCN=C1S/C(=C/c2cc(I)c(OCc3ccc4ccccc4c3)c(OCC)c2)C(=O)N1CC. The van der Waals surface area contributed by atoms with E-state index in [1.165, 1.54) is 22.5 Å². The number of amides is 1. The minimum absolute atomic E-state index is 0.00991. The quantitative estimate of drug-likeness (QED) is 0.217. The van der Waals surface area contributed by atoms with E-state index in [0.29, 0.717) is 42.7 Å². The minimum atomic E-state index is -0.00991. The smallest absolute Gasteiger partial charge is 0.266 e. The molecule has 0 saturated carbocycles. The molecule has 1 fully saturated rings. The zero-order valence-corrected chi connectivity index (χ0v) is 22.5. The summed E-state index contributed by atoms with van der Waals surface area (Å²) in [6.07, 6.45) is 1.91. The summed E-state index contributed by atoms with van der Waals surface area (Å²) in [5.74, 6) is 1.38. The molecule has 0 N–H and O–H groups in total. The van der Waals surface area contributed by atoms with Gasteiger partial charge in [0.1, 0.15) is 6.61 Å². The lowest BCUT2D eigenvalue weighted by atomic mass is 10.1. The highest BCUT2D eigenvalue weighted by Crippen LogP contribution is 2.38. The summed E-state index contributed by atoms with van der Waals surface area (Å²) in [5, 5.41) is 3.16.